The summed E-state index contributed by atoms with van der Waals surface area (Å²) in [5.41, 5.74) is -0.812. The number of carbonyl (C=O) groups is 2. The Morgan fingerprint density at radius 2 is 2.00 bits per heavy atom. The van der Waals surface area contributed by atoms with Gasteiger partial charge in [-0.25, -0.2) is 4.79 Å². The van der Waals surface area contributed by atoms with Gasteiger partial charge in [-0.3, -0.25) is 4.79 Å². The van der Waals surface area contributed by atoms with Crippen LogP contribution in [0.15, 0.2) is 0 Å². The van der Waals surface area contributed by atoms with Crippen LogP contribution in [-0.2, 0) is 4.79 Å². The summed E-state index contributed by atoms with van der Waals surface area (Å²) in [5.74, 6) is -0.000921. The van der Waals surface area contributed by atoms with Gasteiger partial charge < -0.3 is 15.1 Å². The molecule has 2 saturated heterocycles. The fraction of sp³-hybridized carbons (Fsp3) is 0.812. The second kappa shape index (κ2) is 6.15. The van der Waals surface area contributed by atoms with Gasteiger partial charge in [-0.05, 0) is 25.7 Å². The number of hydrogen-bond acceptors (Lipinski definition) is 3. The zero-order valence-electron chi connectivity index (χ0n) is 13.0. The first-order valence-corrected chi connectivity index (χ1v) is 8.41. The lowest BCUT2D eigenvalue weighted by atomic mass is 9.74. The van der Waals surface area contributed by atoms with Crippen molar-refractivity contribution < 1.29 is 9.59 Å². The fourth-order valence-corrected chi connectivity index (χ4v) is 4.06. The standard InChI is InChI=1S/C16H24N4O2/c17-12-16(6-2-1-3-7-16)14(21)19-9-4-5-13(11-19)20-10-8-18-15(20)22/h13H,1-11H2,(H,18,22)/t13-/m1/s1. The fourth-order valence-electron chi connectivity index (χ4n) is 4.06. The summed E-state index contributed by atoms with van der Waals surface area (Å²) in [6, 6.07) is 2.40. The van der Waals surface area contributed by atoms with Crippen LogP contribution < -0.4 is 5.32 Å². The number of hydrogen-bond donors (Lipinski definition) is 1. The van der Waals surface area contributed by atoms with Gasteiger partial charge in [-0.2, -0.15) is 5.26 Å². The molecule has 22 heavy (non-hydrogen) atoms. The molecule has 6 heteroatoms. The Balaban J connectivity index is 1.70. The number of nitrogens with zero attached hydrogens (tertiary/aromatic N) is 3. The first-order chi connectivity index (χ1) is 10.7. The first-order valence-electron chi connectivity index (χ1n) is 8.41. The molecule has 3 fully saturated rings. The van der Waals surface area contributed by atoms with E-state index in [0.717, 1.165) is 38.6 Å². The lowest BCUT2D eigenvalue weighted by molar-refractivity contribution is -0.142. The highest BCUT2D eigenvalue weighted by Gasteiger charge is 2.44. The third-order valence-corrected chi connectivity index (χ3v) is 5.34. The third-order valence-electron chi connectivity index (χ3n) is 5.34. The molecule has 0 aromatic carbocycles. The van der Waals surface area contributed by atoms with Crippen molar-refractivity contribution >= 4 is 11.9 Å². The minimum atomic E-state index is -0.812. The molecule has 2 heterocycles. The maximum absolute atomic E-state index is 12.9. The summed E-state index contributed by atoms with van der Waals surface area (Å²) < 4.78 is 0. The number of carbonyl (C=O) groups excluding carboxylic acids is 2. The molecule has 3 amide bonds. The number of nitrogens with one attached hydrogen (secondary N) is 1. The first kappa shape index (κ1) is 15.1. The van der Waals surface area contributed by atoms with Crippen LogP contribution in [-0.4, -0.2) is 54.0 Å². The van der Waals surface area contributed by atoms with E-state index in [1.165, 1.54) is 0 Å². The second-order valence-corrected chi connectivity index (χ2v) is 6.73. The summed E-state index contributed by atoms with van der Waals surface area (Å²) in [6.07, 6.45) is 6.27. The van der Waals surface area contributed by atoms with Crippen LogP contribution in [0.25, 0.3) is 0 Å². The molecular weight excluding hydrogens is 280 g/mol. The smallest absolute Gasteiger partial charge is 0.317 e. The molecular formula is C16H24N4O2. The average Bonchev–Trinajstić information content (AvgIpc) is 3.01. The predicted octanol–water partition coefficient (Wildman–Crippen LogP) is 1.48. The highest BCUT2D eigenvalue weighted by molar-refractivity contribution is 5.86. The summed E-state index contributed by atoms with van der Waals surface area (Å²) in [5, 5.41) is 12.4. The molecule has 0 aromatic heterocycles. The van der Waals surface area contributed by atoms with Crippen molar-refractivity contribution in [3.8, 4) is 6.07 Å². The van der Waals surface area contributed by atoms with Crippen molar-refractivity contribution in [1.82, 2.24) is 15.1 Å². The van der Waals surface area contributed by atoms with Crippen LogP contribution >= 0.6 is 0 Å². The highest BCUT2D eigenvalue weighted by atomic mass is 16.2. The zero-order chi connectivity index (χ0) is 15.6. The molecule has 2 aliphatic heterocycles. The number of urea groups is 1. The van der Waals surface area contributed by atoms with E-state index < -0.39 is 5.41 Å². The maximum atomic E-state index is 12.9. The van der Waals surface area contributed by atoms with Gasteiger partial charge >= 0.3 is 6.03 Å². The van der Waals surface area contributed by atoms with Crippen molar-refractivity contribution in [1.29, 1.82) is 5.26 Å². The molecule has 1 N–H and O–H groups in total. The molecule has 0 radical (unpaired) electrons. The molecule has 1 atom stereocenters. The summed E-state index contributed by atoms with van der Waals surface area (Å²) in [6.45, 7) is 2.70. The summed E-state index contributed by atoms with van der Waals surface area (Å²) in [7, 11) is 0. The number of likely N-dealkylation sites (tertiary alicyclic amines) is 1. The maximum Gasteiger partial charge on any atom is 0.317 e. The van der Waals surface area contributed by atoms with E-state index in [2.05, 4.69) is 11.4 Å². The van der Waals surface area contributed by atoms with Gasteiger partial charge in [-0.1, -0.05) is 19.3 Å². The van der Waals surface area contributed by atoms with Crippen LogP contribution in [0.5, 0.6) is 0 Å². The Labute approximate surface area is 131 Å². The van der Waals surface area contributed by atoms with Gasteiger partial charge in [0.1, 0.15) is 5.41 Å². The lowest BCUT2D eigenvalue weighted by Gasteiger charge is -2.41. The van der Waals surface area contributed by atoms with E-state index in [1.807, 2.05) is 9.80 Å². The molecule has 6 nitrogen and oxygen atoms in total. The molecule has 3 aliphatic rings. The van der Waals surface area contributed by atoms with Crippen LogP contribution in [0.1, 0.15) is 44.9 Å². The van der Waals surface area contributed by atoms with Crippen molar-refractivity contribution in [3.63, 3.8) is 0 Å². The van der Waals surface area contributed by atoms with E-state index >= 15 is 0 Å². The van der Waals surface area contributed by atoms with Crippen molar-refractivity contribution in [2.45, 2.75) is 51.0 Å². The van der Waals surface area contributed by atoms with E-state index in [9.17, 15) is 14.9 Å². The van der Waals surface area contributed by atoms with Crippen molar-refractivity contribution in [3.05, 3.63) is 0 Å². The monoisotopic (exact) mass is 304 g/mol. The van der Waals surface area contributed by atoms with Gasteiger partial charge in [0, 0.05) is 26.2 Å². The van der Waals surface area contributed by atoms with Gasteiger partial charge in [-0.15, -0.1) is 0 Å². The third kappa shape index (κ3) is 2.65. The molecule has 3 rings (SSSR count). The number of nitriles is 1. The molecule has 0 spiro atoms. The normalized spacial score (nSPS) is 28.1. The molecule has 1 saturated carbocycles. The highest BCUT2D eigenvalue weighted by Crippen LogP contribution is 2.38. The van der Waals surface area contributed by atoms with Crippen molar-refractivity contribution in [2.24, 2.45) is 5.41 Å². The summed E-state index contributed by atoms with van der Waals surface area (Å²) >= 11 is 0. The molecule has 0 unspecified atom stereocenters. The van der Waals surface area contributed by atoms with Gasteiger partial charge in [0.2, 0.25) is 5.91 Å². The average molecular weight is 304 g/mol. The van der Waals surface area contributed by atoms with E-state index in [0.29, 0.717) is 32.5 Å². The molecule has 1 aliphatic carbocycles. The van der Waals surface area contributed by atoms with Crippen LogP contribution in [0.3, 0.4) is 0 Å². The van der Waals surface area contributed by atoms with Crippen LogP contribution in [0.2, 0.25) is 0 Å². The quantitative estimate of drug-likeness (QED) is 0.839. The van der Waals surface area contributed by atoms with E-state index in [1.54, 1.807) is 0 Å². The van der Waals surface area contributed by atoms with Crippen LogP contribution in [0.4, 0.5) is 4.79 Å². The lowest BCUT2D eigenvalue weighted by Crippen LogP contribution is -2.54. The summed E-state index contributed by atoms with van der Waals surface area (Å²) in [4.78, 5) is 28.5. The Bertz CT molecular complexity index is 493. The topological polar surface area (TPSA) is 76.4 Å². The van der Waals surface area contributed by atoms with Gasteiger partial charge in [0.15, 0.2) is 0 Å². The van der Waals surface area contributed by atoms with Crippen molar-refractivity contribution in [2.75, 3.05) is 26.2 Å². The molecule has 0 bridgehead atoms. The second-order valence-electron chi connectivity index (χ2n) is 6.73. The van der Waals surface area contributed by atoms with Gasteiger partial charge in [0.25, 0.3) is 0 Å². The van der Waals surface area contributed by atoms with E-state index in [4.69, 9.17) is 0 Å². The Morgan fingerprint density at radius 1 is 1.23 bits per heavy atom. The Kier molecular flexibility index (Phi) is 4.23. The Hall–Kier alpha value is -1.77. The Morgan fingerprint density at radius 3 is 2.64 bits per heavy atom. The number of amides is 3. The minimum absolute atomic E-state index is 0.000921. The molecule has 120 valence electrons. The number of piperidine rings is 1. The molecule has 0 aromatic rings. The minimum Gasteiger partial charge on any atom is -0.339 e. The SMILES string of the molecule is N#CC1(C(=O)N2CCC[C@@H](N3CCNC3=O)C2)CCCCC1. The zero-order valence-corrected chi connectivity index (χ0v) is 13.0. The predicted molar refractivity (Wildman–Crippen MR) is 80.8 cm³/mol. The van der Waals surface area contributed by atoms with Gasteiger partial charge in [0.05, 0.1) is 12.1 Å². The number of rotatable bonds is 2. The largest absolute Gasteiger partial charge is 0.339 e. The van der Waals surface area contributed by atoms with Crippen LogP contribution in [0, 0.1) is 16.7 Å². The van der Waals surface area contributed by atoms with E-state index in [-0.39, 0.29) is 18.0 Å².